The summed E-state index contributed by atoms with van der Waals surface area (Å²) in [6.45, 7) is 0.642. The lowest BCUT2D eigenvalue weighted by Gasteiger charge is -2.15. The van der Waals surface area contributed by atoms with E-state index in [4.69, 9.17) is 11.5 Å². The number of carboxylic acids is 1. The van der Waals surface area contributed by atoms with E-state index in [0.29, 0.717) is 48.6 Å². The van der Waals surface area contributed by atoms with Crippen molar-refractivity contribution < 1.29 is 24.3 Å². The number of hydrogen-bond acceptors (Lipinski definition) is 12. The van der Waals surface area contributed by atoms with Crippen molar-refractivity contribution in [3.63, 3.8) is 0 Å². The third kappa shape index (κ3) is 11.1. The fourth-order valence-electron chi connectivity index (χ4n) is 5.32. The van der Waals surface area contributed by atoms with Crippen LogP contribution in [-0.4, -0.2) is 61.3 Å². The maximum Gasteiger partial charge on any atom is 0.326 e. The molecule has 3 aromatic heterocycles. The molecular weight excluding hydrogens is 701 g/mol. The van der Waals surface area contributed by atoms with Crippen LogP contribution >= 0.6 is 11.3 Å². The van der Waals surface area contributed by atoms with E-state index in [0.717, 1.165) is 23.3 Å². The van der Waals surface area contributed by atoms with Crippen molar-refractivity contribution in [1.29, 1.82) is 0 Å². The first-order valence-corrected chi connectivity index (χ1v) is 17.8. The molecule has 0 fully saturated rings. The zero-order valence-corrected chi connectivity index (χ0v) is 29.5. The van der Waals surface area contributed by atoms with Gasteiger partial charge in [0.15, 0.2) is 11.2 Å². The van der Waals surface area contributed by atoms with Crippen molar-refractivity contribution in [2.45, 2.75) is 57.5 Å². The average molecular weight is 741 g/mol. The quantitative estimate of drug-likeness (QED) is 0.0470. The summed E-state index contributed by atoms with van der Waals surface area (Å²) in [6.07, 6.45) is 4.64. The minimum Gasteiger partial charge on any atom is -0.480 e. The Kier molecular flexibility index (Phi) is 13.0. The van der Waals surface area contributed by atoms with Gasteiger partial charge in [0, 0.05) is 35.5 Å². The molecule has 0 saturated heterocycles. The first-order valence-electron chi connectivity index (χ1n) is 16.9. The number of hydrogen-bond donors (Lipinski definition) is 8. The molecule has 3 heterocycles. The largest absolute Gasteiger partial charge is 0.480 e. The van der Waals surface area contributed by atoms with Gasteiger partial charge in [-0.3, -0.25) is 24.2 Å². The molecule has 3 amide bonds. The molecule has 0 spiro atoms. The summed E-state index contributed by atoms with van der Waals surface area (Å²) in [5.74, 6) is -2.33. The number of nitrogens with two attached hydrogens (primary N) is 2. The number of nitrogens with one attached hydrogen (secondary N) is 5. The number of carbonyl (C=O) groups is 4. The number of unbranched alkanes of at least 4 members (excludes halogenated alkanes) is 3. The second-order valence-corrected chi connectivity index (χ2v) is 13.1. The fourth-order valence-corrected chi connectivity index (χ4v) is 6.04. The molecule has 16 nitrogen and oxygen atoms in total. The van der Waals surface area contributed by atoms with Crippen LogP contribution in [0.2, 0.25) is 0 Å². The van der Waals surface area contributed by atoms with Crippen LogP contribution in [0.4, 0.5) is 23.0 Å². The number of H-pyrrole nitrogens is 1. The number of aromatic amines is 1. The number of nitrogens with zero attached hydrogens (tertiary/aromatic N) is 3. The van der Waals surface area contributed by atoms with Crippen molar-refractivity contribution in [3.05, 3.63) is 87.8 Å². The van der Waals surface area contributed by atoms with Gasteiger partial charge in [-0.25, -0.2) is 14.8 Å². The summed E-state index contributed by atoms with van der Waals surface area (Å²) in [5, 5.41) is 22.9. The predicted octanol–water partition coefficient (Wildman–Crippen LogP) is 3.89. The number of benzene rings is 2. The predicted molar refractivity (Wildman–Crippen MR) is 203 cm³/mol. The Morgan fingerprint density at radius 3 is 2.47 bits per heavy atom. The molecule has 10 N–H and O–H groups in total. The van der Waals surface area contributed by atoms with Crippen LogP contribution in [0.3, 0.4) is 0 Å². The van der Waals surface area contributed by atoms with Crippen molar-refractivity contribution in [2.75, 3.05) is 28.6 Å². The molecule has 2 aromatic carbocycles. The molecule has 17 heteroatoms. The SMILES string of the molecule is Nc1nc2ncc(CNc3ccc(C(=O)N[C@@H](CCC(=O)NCCCCCCC(=O)Nc4cc(-c5cccs5)ccc4N)C(=O)O)cc3)nc2c(=O)[nH]1. The molecule has 276 valence electrons. The molecule has 1 atom stereocenters. The standard InChI is InChI=1S/C36H40N10O6S/c37-25-13-10-22(28-6-5-17-53-28)18-27(25)43-30(48)7-3-1-2-4-16-39-29(47)15-14-26(35(51)52)44-33(49)21-8-11-23(12-9-21)40-19-24-20-41-32-31(42-24)34(50)46-36(38)45-32/h5-6,8-13,17-18,20,26,40H,1-4,7,14-16,19,37H2,(H,39,47)(H,43,48)(H,44,49)(H,51,52)(H3,38,41,45,46,50)/t26-/m0/s1. The number of carbonyl (C=O) groups excluding carboxylic acids is 3. The third-order valence-electron chi connectivity index (χ3n) is 8.16. The van der Waals surface area contributed by atoms with Crippen LogP contribution in [0.5, 0.6) is 0 Å². The number of fused-ring (bicyclic) bond motifs is 1. The van der Waals surface area contributed by atoms with Crippen molar-refractivity contribution >= 4 is 69.2 Å². The van der Waals surface area contributed by atoms with Crippen LogP contribution in [0, 0.1) is 0 Å². The van der Waals surface area contributed by atoms with Gasteiger partial charge >= 0.3 is 5.97 Å². The second kappa shape index (κ2) is 18.2. The lowest BCUT2D eigenvalue weighted by molar-refractivity contribution is -0.139. The Bertz CT molecular complexity index is 2120. The van der Waals surface area contributed by atoms with Gasteiger partial charge in [0.05, 0.1) is 29.8 Å². The highest BCUT2D eigenvalue weighted by Gasteiger charge is 2.22. The highest BCUT2D eigenvalue weighted by atomic mass is 32.1. The smallest absolute Gasteiger partial charge is 0.326 e. The van der Waals surface area contributed by atoms with Crippen molar-refractivity contribution in [2.24, 2.45) is 0 Å². The van der Waals surface area contributed by atoms with Crippen molar-refractivity contribution in [3.8, 4) is 10.4 Å². The maximum absolute atomic E-state index is 12.8. The number of anilines is 4. The summed E-state index contributed by atoms with van der Waals surface area (Å²) in [7, 11) is 0. The monoisotopic (exact) mass is 740 g/mol. The Labute approximate surface area is 307 Å². The van der Waals surface area contributed by atoms with E-state index in [2.05, 4.69) is 41.2 Å². The minimum absolute atomic E-state index is 0.0540. The molecule has 0 aliphatic heterocycles. The number of nitrogen functional groups attached to an aromatic ring is 2. The Balaban J connectivity index is 0.959. The molecule has 5 aromatic rings. The highest BCUT2D eigenvalue weighted by molar-refractivity contribution is 7.13. The molecule has 0 bridgehead atoms. The number of aromatic nitrogens is 4. The van der Waals surface area contributed by atoms with E-state index in [1.54, 1.807) is 29.5 Å². The zero-order valence-electron chi connectivity index (χ0n) is 28.7. The van der Waals surface area contributed by atoms with Crippen LogP contribution in [0.25, 0.3) is 21.6 Å². The van der Waals surface area contributed by atoms with E-state index >= 15 is 0 Å². The van der Waals surface area contributed by atoms with Gasteiger partial charge in [0.2, 0.25) is 17.8 Å². The Hall–Kier alpha value is -6.36. The highest BCUT2D eigenvalue weighted by Crippen LogP contribution is 2.30. The normalized spacial score (nSPS) is 11.5. The summed E-state index contributed by atoms with van der Waals surface area (Å²) < 4.78 is 0. The summed E-state index contributed by atoms with van der Waals surface area (Å²) in [6, 6.07) is 14.6. The Morgan fingerprint density at radius 2 is 1.72 bits per heavy atom. The molecular formula is C36H40N10O6S. The van der Waals surface area contributed by atoms with E-state index < -0.39 is 23.5 Å². The number of thiophene rings is 1. The van der Waals surface area contributed by atoms with Gasteiger partial charge in [0.25, 0.3) is 11.5 Å². The molecule has 0 unspecified atom stereocenters. The van der Waals surface area contributed by atoms with Crippen LogP contribution in [0.1, 0.15) is 61.0 Å². The maximum atomic E-state index is 12.8. The van der Waals surface area contributed by atoms with E-state index in [-0.39, 0.29) is 53.9 Å². The van der Waals surface area contributed by atoms with Gasteiger partial charge in [-0.1, -0.05) is 25.0 Å². The van der Waals surface area contributed by atoms with Crippen LogP contribution in [0.15, 0.2) is 71.0 Å². The molecule has 0 radical (unpaired) electrons. The average Bonchev–Trinajstić information content (AvgIpc) is 3.68. The topological polar surface area (TPSA) is 260 Å². The first-order chi connectivity index (χ1) is 25.5. The van der Waals surface area contributed by atoms with Crippen LogP contribution in [-0.2, 0) is 20.9 Å². The molecule has 0 saturated carbocycles. The number of aliphatic carboxylic acids is 1. The first kappa shape index (κ1) is 37.9. The number of rotatable bonds is 18. The van der Waals surface area contributed by atoms with Crippen LogP contribution < -0.4 is 38.3 Å². The summed E-state index contributed by atoms with van der Waals surface area (Å²) >= 11 is 1.61. The lowest BCUT2D eigenvalue weighted by Crippen LogP contribution is -2.41. The zero-order chi connectivity index (χ0) is 37.7. The van der Waals surface area contributed by atoms with Gasteiger partial charge in [-0.2, -0.15) is 4.98 Å². The van der Waals surface area contributed by atoms with Gasteiger partial charge in [0.1, 0.15) is 6.04 Å². The summed E-state index contributed by atoms with van der Waals surface area (Å²) in [4.78, 5) is 77.4. The van der Waals surface area contributed by atoms with Gasteiger partial charge < -0.3 is 37.8 Å². The summed E-state index contributed by atoms with van der Waals surface area (Å²) in [5.41, 5.74) is 14.7. The molecule has 5 rings (SSSR count). The van der Waals surface area contributed by atoms with E-state index in [9.17, 15) is 29.1 Å². The Morgan fingerprint density at radius 1 is 0.925 bits per heavy atom. The van der Waals surface area contributed by atoms with E-state index in [1.807, 2.05) is 29.6 Å². The second-order valence-electron chi connectivity index (χ2n) is 12.2. The number of amides is 3. The molecule has 0 aliphatic rings. The van der Waals surface area contributed by atoms with Crippen molar-refractivity contribution in [1.82, 2.24) is 30.6 Å². The lowest BCUT2D eigenvalue weighted by atomic mass is 10.1. The van der Waals surface area contributed by atoms with Gasteiger partial charge in [-0.05, 0) is 72.7 Å². The third-order valence-corrected chi connectivity index (χ3v) is 9.08. The fraction of sp³-hybridized carbons (Fsp3) is 0.278. The van der Waals surface area contributed by atoms with Gasteiger partial charge in [-0.15, -0.1) is 11.3 Å². The minimum atomic E-state index is -1.26. The molecule has 53 heavy (non-hydrogen) atoms. The number of carboxylic acid groups (broad SMARTS) is 1. The molecule has 0 aliphatic carbocycles. The van der Waals surface area contributed by atoms with E-state index in [1.165, 1.54) is 18.3 Å².